The van der Waals surface area contributed by atoms with Crippen LogP contribution in [0.2, 0.25) is 0 Å². The van der Waals surface area contributed by atoms with E-state index in [1.807, 2.05) is 0 Å². The van der Waals surface area contributed by atoms with Gasteiger partial charge in [-0.25, -0.2) is 0 Å². The Balaban J connectivity index is 1.90. The maximum absolute atomic E-state index is 9.42. The average molecular weight is 211 g/mol. The van der Waals surface area contributed by atoms with Gasteiger partial charge < -0.3 is 10.0 Å². The molecule has 2 nitrogen and oxygen atoms in total. The van der Waals surface area contributed by atoms with E-state index in [1.54, 1.807) is 0 Å². The Labute approximate surface area is 93.7 Å². The van der Waals surface area contributed by atoms with Crippen LogP contribution in [0.3, 0.4) is 0 Å². The first-order valence-corrected chi connectivity index (χ1v) is 6.66. The zero-order valence-corrected chi connectivity index (χ0v) is 9.99. The third kappa shape index (κ3) is 2.73. The van der Waals surface area contributed by atoms with Crippen LogP contribution >= 0.6 is 0 Å². The van der Waals surface area contributed by atoms with Crippen LogP contribution in [0.25, 0.3) is 0 Å². The molecular weight excluding hydrogens is 186 g/mol. The van der Waals surface area contributed by atoms with Crippen LogP contribution in [-0.4, -0.2) is 35.7 Å². The summed E-state index contributed by atoms with van der Waals surface area (Å²) in [5.41, 5.74) is 0. The Hall–Kier alpha value is -0.0800. The molecule has 15 heavy (non-hydrogen) atoms. The first-order valence-electron chi connectivity index (χ1n) is 6.66. The van der Waals surface area contributed by atoms with Crippen LogP contribution in [-0.2, 0) is 0 Å². The summed E-state index contributed by atoms with van der Waals surface area (Å²) in [6.45, 7) is 5.29. The molecule has 2 heteroatoms. The number of hydrogen-bond donors (Lipinski definition) is 1. The molecule has 88 valence electrons. The van der Waals surface area contributed by atoms with E-state index in [9.17, 15) is 5.11 Å². The highest BCUT2D eigenvalue weighted by Gasteiger charge is 2.31. The van der Waals surface area contributed by atoms with Crippen LogP contribution in [0, 0.1) is 11.8 Å². The van der Waals surface area contributed by atoms with Crippen molar-refractivity contribution in [2.75, 3.05) is 19.7 Å². The number of aliphatic hydroxyl groups excluding tert-OH is 1. The predicted molar refractivity (Wildman–Crippen MR) is 62.8 cm³/mol. The fraction of sp³-hybridized carbons (Fsp3) is 1.00. The monoisotopic (exact) mass is 211 g/mol. The summed E-state index contributed by atoms with van der Waals surface area (Å²) in [6.07, 6.45) is 7.97. The lowest BCUT2D eigenvalue weighted by Gasteiger charge is -2.42. The summed E-state index contributed by atoms with van der Waals surface area (Å²) < 4.78 is 0. The van der Waals surface area contributed by atoms with E-state index in [4.69, 9.17) is 0 Å². The van der Waals surface area contributed by atoms with E-state index in [0.29, 0.717) is 18.6 Å². The van der Waals surface area contributed by atoms with Crippen molar-refractivity contribution in [2.45, 2.75) is 51.5 Å². The van der Waals surface area contributed by atoms with Crippen molar-refractivity contribution in [3.8, 4) is 0 Å². The van der Waals surface area contributed by atoms with E-state index >= 15 is 0 Å². The smallest absolute Gasteiger partial charge is 0.0474 e. The van der Waals surface area contributed by atoms with E-state index in [1.165, 1.54) is 51.6 Å². The SMILES string of the molecule is CC1CCN(C2CCCCC2CO)CC1. The van der Waals surface area contributed by atoms with E-state index in [2.05, 4.69) is 11.8 Å². The van der Waals surface area contributed by atoms with Crippen molar-refractivity contribution in [2.24, 2.45) is 11.8 Å². The number of piperidine rings is 1. The molecule has 0 spiro atoms. The lowest BCUT2D eigenvalue weighted by molar-refractivity contribution is 0.0440. The van der Waals surface area contributed by atoms with Crippen LogP contribution in [0.4, 0.5) is 0 Å². The standard InChI is InChI=1S/C13H25NO/c1-11-6-8-14(9-7-11)13-5-3-2-4-12(13)10-15/h11-13,15H,2-10H2,1H3. The highest BCUT2D eigenvalue weighted by Crippen LogP contribution is 2.30. The van der Waals surface area contributed by atoms with Crippen molar-refractivity contribution in [1.82, 2.24) is 4.90 Å². The largest absolute Gasteiger partial charge is 0.396 e. The predicted octanol–water partition coefficient (Wildman–Crippen LogP) is 2.27. The van der Waals surface area contributed by atoms with Gasteiger partial charge in [0.2, 0.25) is 0 Å². The van der Waals surface area contributed by atoms with Crippen LogP contribution in [0.15, 0.2) is 0 Å². The minimum absolute atomic E-state index is 0.400. The second-order valence-electron chi connectivity index (χ2n) is 5.51. The van der Waals surface area contributed by atoms with Crippen LogP contribution in [0.5, 0.6) is 0 Å². The average Bonchev–Trinajstić information content (AvgIpc) is 2.30. The molecule has 0 aromatic heterocycles. The third-order valence-electron chi connectivity index (χ3n) is 4.39. The van der Waals surface area contributed by atoms with E-state index in [-0.39, 0.29) is 0 Å². The van der Waals surface area contributed by atoms with Crippen LogP contribution < -0.4 is 0 Å². The quantitative estimate of drug-likeness (QED) is 0.757. The summed E-state index contributed by atoms with van der Waals surface area (Å²) in [4.78, 5) is 2.65. The normalized spacial score (nSPS) is 35.6. The van der Waals surface area contributed by atoms with Crippen molar-refractivity contribution in [1.29, 1.82) is 0 Å². The Morgan fingerprint density at radius 1 is 1.07 bits per heavy atom. The molecule has 0 amide bonds. The third-order valence-corrected chi connectivity index (χ3v) is 4.39. The van der Waals surface area contributed by atoms with Gasteiger partial charge in [-0.2, -0.15) is 0 Å². The van der Waals surface area contributed by atoms with Gasteiger partial charge in [-0.1, -0.05) is 19.8 Å². The van der Waals surface area contributed by atoms with Gasteiger partial charge in [0.15, 0.2) is 0 Å². The summed E-state index contributed by atoms with van der Waals surface area (Å²) in [7, 11) is 0. The molecule has 0 aromatic carbocycles. The molecule has 0 bridgehead atoms. The van der Waals surface area contributed by atoms with Crippen molar-refractivity contribution in [3.63, 3.8) is 0 Å². The number of nitrogens with zero attached hydrogens (tertiary/aromatic N) is 1. The first-order chi connectivity index (χ1) is 7.31. The second kappa shape index (κ2) is 5.31. The van der Waals surface area contributed by atoms with Gasteiger partial charge >= 0.3 is 0 Å². The van der Waals surface area contributed by atoms with Gasteiger partial charge in [-0.05, 0) is 50.6 Å². The van der Waals surface area contributed by atoms with Gasteiger partial charge in [0.1, 0.15) is 0 Å². The molecule has 2 rings (SSSR count). The number of likely N-dealkylation sites (tertiary alicyclic amines) is 1. The van der Waals surface area contributed by atoms with E-state index in [0.717, 1.165) is 5.92 Å². The number of rotatable bonds is 2. The lowest BCUT2D eigenvalue weighted by Crippen LogP contribution is -2.47. The molecule has 2 atom stereocenters. The molecule has 1 heterocycles. The van der Waals surface area contributed by atoms with Gasteiger partial charge in [0.25, 0.3) is 0 Å². The molecule has 1 saturated heterocycles. The van der Waals surface area contributed by atoms with E-state index < -0.39 is 0 Å². The van der Waals surface area contributed by atoms with Crippen LogP contribution in [0.1, 0.15) is 45.4 Å². The van der Waals surface area contributed by atoms with Crippen molar-refractivity contribution in [3.05, 3.63) is 0 Å². The Morgan fingerprint density at radius 3 is 2.40 bits per heavy atom. The highest BCUT2D eigenvalue weighted by atomic mass is 16.3. The highest BCUT2D eigenvalue weighted by molar-refractivity contribution is 4.85. The van der Waals surface area contributed by atoms with Gasteiger partial charge in [0.05, 0.1) is 0 Å². The lowest BCUT2D eigenvalue weighted by atomic mass is 9.82. The fourth-order valence-corrected chi connectivity index (χ4v) is 3.24. The summed E-state index contributed by atoms with van der Waals surface area (Å²) in [6, 6.07) is 0.691. The zero-order chi connectivity index (χ0) is 10.7. The molecule has 1 saturated carbocycles. The minimum Gasteiger partial charge on any atom is -0.396 e. The topological polar surface area (TPSA) is 23.5 Å². The fourth-order valence-electron chi connectivity index (χ4n) is 3.24. The molecule has 2 aliphatic rings. The molecular formula is C13H25NO. The first kappa shape index (κ1) is 11.4. The molecule has 0 aromatic rings. The minimum atomic E-state index is 0.400. The van der Waals surface area contributed by atoms with Crippen molar-refractivity contribution >= 4 is 0 Å². The molecule has 2 fully saturated rings. The Bertz CT molecular complexity index is 187. The number of aliphatic hydroxyl groups is 1. The molecule has 2 unspecified atom stereocenters. The molecule has 1 aliphatic heterocycles. The number of hydrogen-bond acceptors (Lipinski definition) is 2. The maximum Gasteiger partial charge on any atom is 0.0474 e. The molecule has 1 aliphatic carbocycles. The maximum atomic E-state index is 9.42. The zero-order valence-electron chi connectivity index (χ0n) is 9.99. The summed E-state index contributed by atoms with van der Waals surface area (Å²) in [5.74, 6) is 1.48. The Morgan fingerprint density at radius 2 is 1.73 bits per heavy atom. The van der Waals surface area contributed by atoms with Gasteiger partial charge in [-0.3, -0.25) is 0 Å². The summed E-state index contributed by atoms with van der Waals surface area (Å²) >= 11 is 0. The van der Waals surface area contributed by atoms with Gasteiger partial charge in [-0.15, -0.1) is 0 Å². The van der Waals surface area contributed by atoms with Crippen molar-refractivity contribution < 1.29 is 5.11 Å². The van der Waals surface area contributed by atoms with Gasteiger partial charge in [0, 0.05) is 12.6 Å². The molecule has 0 radical (unpaired) electrons. The summed E-state index contributed by atoms with van der Waals surface area (Å²) in [5, 5.41) is 9.42. The second-order valence-corrected chi connectivity index (χ2v) is 5.51. The Kier molecular flexibility index (Phi) is 4.04. The molecule has 1 N–H and O–H groups in total.